The third-order valence-electron chi connectivity index (χ3n) is 3.61. The average molecular weight is 328 g/mol. The van der Waals surface area contributed by atoms with Crippen LogP contribution >= 0.6 is 0 Å². The molecule has 3 rings (SSSR count). The van der Waals surface area contributed by atoms with E-state index in [1.165, 1.54) is 24.3 Å². The largest absolute Gasteiger partial charge is 0.504 e. The summed E-state index contributed by atoms with van der Waals surface area (Å²) in [5.74, 6) is -0.0194. The summed E-state index contributed by atoms with van der Waals surface area (Å²) in [6, 6.07) is 7.51. The molecule has 24 heavy (non-hydrogen) atoms. The number of nitrogens with one attached hydrogen (secondary N) is 2. The molecule has 1 aromatic carbocycles. The Morgan fingerprint density at radius 2 is 2.25 bits per heavy atom. The van der Waals surface area contributed by atoms with Gasteiger partial charge in [0.15, 0.2) is 11.6 Å². The van der Waals surface area contributed by atoms with E-state index in [2.05, 4.69) is 15.6 Å². The maximum absolute atomic E-state index is 12.4. The van der Waals surface area contributed by atoms with Crippen LogP contribution in [0.15, 0.2) is 36.5 Å². The summed E-state index contributed by atoms with van der Waals surface area (Å²) in [6.07, 6.45) is 1.46. The van der Waals surface area contributed by atoms with Gasteiger partial charge in [-0.25, -0.2) is 9.78 Å². The molecular formula is C16H16N4O4. The fourth-order valence-corrected chi connectivity index (χ4v) is 2.42. The van der Waals surface area contributed by atoms with Gasteiger partial charge in [-0.15, -0.1) is 0 Å². The van der Waals surface area contributed by atoms with Crippen molar-refractivity contribution in [2.24, 2.45) is 0 Å². The summed E-state index contributed by atoms with van der Waals surface area (Å²) in [7, 11) is 1.50. The second-order valence-corrected chi connectivity index (χ2v) is 5.10. The first-order chi connectivity index (χ1) is 11.6. The summed E-state index contributed by atoms with van der Waals surface area (Å²) in [5.41, 5.74) is 0.820. The zero-order chi connectivity index (χ0) is 17.1. The van der Waals surface area contributed by atoms with E-state index < -0.39 is 5.91 Å². The van der Waals surface area contributed by atoms with Gasteiger partial charge in [-0.2, -0.15) is 0 Å². The Morgan fingerprint density at radius 1 is 1.42 bits per heavy atom. The highest BCUT2D eigenvalue weighted by Gasteiger charge is 2.25. The lowest BCUT2D eigenvalue weighted by Crippen LogP contribution is -2.28. The van der Waals surface area contributed by atoms with Crippen molar-refractivity contribution < 1.29 is 19.4 Å². The molecule has 0 aliphatic carbocycles. The molecule has 1 fully saturated rings. The van der Waals surface area contributed by atoms with Crippen molar-refractivity contribution in [3.8, 4) is 11.5 Å². The molecule has 8 nitrogen and oxygen atoms in total. The lowest BCUT2D eigenvalue weighted by molar-refractivity contribution is 0.102. The number of methoxy groups -OCH3 is 1. The van der Waals surface area contributed by atoms with Crippen molar-refractivity contribution in [2.75, 3.05) is 30.4 Å². The van der Waals surface area contributed by atoms with Gasteiger partial charge in [0.25, 0.3) is 5.91 Å². The minimum Gasteiger partial charge on any atom is -0.504 e. The highest BCUT2D eigenvalue weighted by Crippen LogP contribution is 2.31. The normalized spacial score (nSPS) is 13.5. The number of rotatable bonds is 4. The molecule has 0 radical (unpaired) electrons. The van der Waals surface area contributed by atoms with Crippen LogP contribution < -0.4 is 20.3 Å². The van der Waals surface area contributed by atoms with Gasteiger partial charge in [-0.3, -0.25) is 9.69 Å². The number of aromatic hydroxyl groups is 1. The lowest BCUT2D eigenvalue weighted by atomic mass is 10.1. The van der Waals surface area contributed by atoms with Gasteiger partial charge in [0, 0.05) is 24.8 Å². The first-order valence-electron chi connectivity index (χ1n) is 7.29. The monoisotopic (exact) mass is 328 g/mol. The minimum absolute atomic E-state index is 0.0683. The van der Waals surface area contributed by atoms with Gasteiger partial charge in [-0.1, -0.05) is 0 Å². The van der Waals surface area contributed by atoms with E-state index in [0.717, 1.165) is 0 Å². The zero-order valence-electron chi connectivity index (χ0n) is 12.9. The summed E-state index contributed by atoms with van der Waals surface area (Å²) in [5, 5.41) is 14.9. The van der Waals surface area contributed by atoms with Crippen LogP contribution in [0.25, 0.3) is 0 Å². The summed E-state index contributed by atoms with van der Waals surface area (Å²) < 4.78 is 5.27. The molecule has 8 heteroatoms. The molecule has 1 aromatic heterocycles. The van der Waals surface area contributed by atoms with Crippen molar-refractivity contribution in [2.45, 2.75) is 0 Å². The van der Waals surface area contributed by atoms with Crippen LogP contribution in [0.1, 0.15) is 10.4 Å². The Bertz CT molecular complexity index is 793. The predicted octanol–water partition coefficient (Wildman–Crippen LogP) is 1.58. The number of pyridine rings is 1. The van der Waals surface area contributed by atoms with Crippen molar-refractivity contribution in [1.29, 1.82) is 0 Å². The molecule has 0 unspecified atom stereocenters. The molecule has 0 bridgehead atoms. The molecule has 1 aliphatic heterocycles. The van der Waals surface area contributed by atoms with Crippen LogP contribution in [0.2, 0.25) is 0 Å². The summed E-state index contributed by atoms with van der Waals surface area (Å²) >= 11 is 0. The van der Waals surface area contributed by atoms with Crippen molar-refractivity contribution in [3.63, 3.8) is 0 Å². The number of carbonyl (C=O) groups is 2. The van der Waals surface area contributed by atoms with Crippen LogP contribution in [-0.2, 0) is 0 Å². The van der Waals surface area contributed by atoms with E-state index in [4.69, 9.17) is 4.74 Å². The Hall–Kier alpha value is -3.29. The Kier molecular flexibility index (Phi) is 4.19. The maximum Gasteiger partial charge on any atom is 0.322 e. The Morgan fingerprint density at radius 3 is 2.92 bits per heavy atom. The molecule has 1 aliphatic rings. The third-order valence-corrected chi connectivity index (χ3v) is 3.61. The molecule has 3 N–H and O–H groups in total. The number of aromatic nitrogens is 1. The van der Waals surface area contributed by atoms with Crippen LogP contribution in [0, 0.1) is 0 Å². The average Bonchev–Trinajstić information content (AvgIpc) is 3.02. The number of amides is 3. The van der Waals surface area contributed by atoms with Crippen molar-refractivity contribution >= 4 is 23.4 Å². The minimum atomic E-state index is -0.451. The van der Waals surface area contributed by atoms with Crippen LogP contribution in [0.3, 0.4) is 0 Å². The number of anilines is 2. The van der Waals surface area contributed by atoms with E-state index in [9.17, 15) is 14.7 Å². The first-order valence-corrected chi connectivity index (χ1v) is 7.29. The fraction of sp³-hybridized carbons (Fsp3) is 0.188. The second-order valence-electron chi connectivity index (χ2n) is 5.10. The molecule has 2 aromatic rings. The lowest BCUT2D eigenvalue weighted by Gasteiger charge is -2.18. The molecular weight excluding hydrogens is 312 g/mol. The van der Waals surface area contributed by atoms with Gasteiger partial charge in [-0.05, 0) is 30.3 Å². The first kappa shape index (κ1) is 15.6. The molecule has 0 spiro atoms. The van der Waals surface area contributed by atoms with Crippen LogP contribution in [-0.4, -0.2) is 42.2 Å². The Labute approximate surface area is 138 Å². The summed E-state index contributed by atoms with van der Waals surface area (Å²) in [6.45, 7) is 1.02. The van der Waals surface area contributed by atoms with E-state index in [1.807, 2.05) is 0 Å². The third kappa shape index (κ3) is 2.94. The molecule has 124 valence electrons. The van der Waals surface area contributed by atoms with Gasteiger partial charge in [0.2, 0.25) is 0 Å². The van der Waals surface area contributed by atoms with Gasteiger partial charge >= 0.3 is 6.03 Å². The molecule has 2 heterocycles. The van der Waals surface area contributed by atoms with Crippen LogP contribution in [0.5, 0.6) is 11.5 Å². The van der Waals surface area contributed by atoms with Gasteiger partial charge in [0.05, 0.1) is 12.8 Å². The quantitative estimate of drug-likeness (QED) is 0.790. The standard InChI is InChI=1S/C16H16N4O4/c1-24-13-5-4-10(9-11(13)20-8-7-18-16(20)23)15(22)19-14-12(21)3-2-6-17-14/h2-6,9,21H,7-8H2,1H3,(H,18,23)(H,17,19,22). The van der Waals surface area contributed by atoms with E-state index in [-0.39, 0.29) is 17.6 Å². The number of hydrogen-bond acceptors (Lipinski definition) is 5. The maximum atomic E-state index is 12.4. The number of nitrogens with zero attached hydrogens (tertiary/aromatic N) is 2. The molecule has 1 saturated heterocycles. The Balaban J connectivity index is 1.89. The number of carbonyl (C=O) groups excluding carboxylic acids is 2. The van der Waals surface area contributed by atoms with Crippen molar-refractivity contribution in [1.82, 2.24) is 10.3 Å². The number of urea groups is 1. The number of benzene rings is 1. The van der Waals surface area contributed by atoms with Gasteiger partial charge in [0.1, 0.15) is 5.75 Å². The topological polar surface area (TPSA) is 104 Å². The zero-order valence-corrected chi connectivity index (χ0v) is 12.9. The smallest absolute Gasteiger partial charge is 0.322 e. The second kappa shape index (κ2) is 6.45. The van der Waals surface area contributed by atoms with Crippen LogP contribution in [0.4, 0.5) is 16.3 Å². The molecule has 0 atom stereocenters. The van der Waals surface area contributed by atoms with E-state index in [1.54, 1.807) is 24.3 Å². The summed E-state index contributed by atoms with van der Waals surface area (Å²) in [4.78, 5) is 29.7. The SMILES string of the molecule is COc1ccc(C(=O)Nc2ncccc2O)cc1N1CCNC1=O. The molecule has 0 saturated carbocycles. The fourth-order valence-electron chi connectivity index (χ4n) is 2.42. The van der Waals surface area contributed by atoms with Gasteiger partial charge < -0.3 is 20.5 Å². The number of ether oxygens (including phenoxy) is 1. The highest BCUT2D eigenvalue weighted by molar-refractivity contribution is 6.06. The van der Waals surface area contributed by atoms with E-state index in [0.29, 0.717) is 30.1 Å². The predicted molar refractivity (Wildman–Crippen MR) is 87.6 cm³/mol. The molecule has 3 amide bonds. The van der Waals surface area contributed by atoms with Crippen molar-refractivity contribution in [3.05, 3.63) is 42.1 Å². The van der Waals surface area contributed by atoms with E-state index >= 15 is 0 Å². The number of hydrogen-bond donors (Lipinski definition) is 3. The highest BCUT2D eigenvalue weighted by atomic mass is 16.5.